The van der Waals surface area contributed by atoms with E-state index in [1.165, 1.54) is 12.1 Å². The van der Waals surface area contributed by atoms with Crippen LogP contribution in [-0.4, -0.2) is 11.9 Å². The Hall–Kier alpha value is -0.550. The Morgan fingerprint density at radius 1 is 1.29 bits per heavy atom. The maximum absolute atomic E-state index is 13.5. The smallest absolute Gasteiger partial charge is 0.237 e. The molecular weight excluding hydrogens is 338 g/mol. The van der Waals surface area contributed by atoms with Crippen LogP contribution < -0.4 is 11.1 Å². The van der Waals surface area contributed by atoms with E-state index in [4.69, 9.17) is 28.9 Å². The molecule has 0 aliphatic rings. The quantitative estimate of drug-likeness (QED) is 0.779. The van der Waals surface area contributed by atoms with Gasteiger partial charge in [-0.25, -0.2) is 4.39 Å². The van der Waals surface area contributed by atoms with Crippen LogP contribution >= 0.6 is 35.6 Å². The van der Waals surface area contributed by atoms with Gasteiger partial charge in [0, 0.05) is 5.02 Å². The summed E-state index contributed by atoms with van der Waals surface area (Å²) in [6.07, 6.45) is 0.585. The van der Waals surface area contributed by atoms with Crippen molar-refractivity contribution in [2.45, 2.75) is 39.3 Å². The number of halogens is 4. The molecule has 0 saturated carbocycles. The average Bonchev–Trinajstić information content (AvgIpc) is 2.32. The van der Waals surface area contributed by atoms with E-state index in [0.29, 0.717) is 22.9 Å². The molecule has 3 nitrogen and oxygen atoms in total. The fourth-order valence-electron chi connectivity index (χ4n) is 1.88. The highest BCUT2D eigenvalue weighted by Crippen LogP contribution is 2.28. The van der Waals surface area contributed by atoms with Gasteiger partial charge >= 0.3 is 0 Å². The van der Waals surface area contributed by atoms with E-state index in [9.17, 15) is 9.18 Å². The van der Waals surface area contributed by atoms with Gasteiger partial charge in [-0.3, -0.25) is 4.79 Å². The van der Waals surface area contributed by atoms with Crippen molar-refractivity contribution in [2.24, 2.45) is 11.7 Å². The van der Waals surface area contributed by atoms with E-state index >= 15 is 0 Å². The molecule has 1 rings (SSSR count). The van der Waals surface area contributed by atoms with Crippen molar-refractivity contribution in [3.05, 3.63) is 33.6 Å². The number of carbonyl (C=O) groups is 1. The van der Waals surface area contributed by atoms with Gasteiger partial charge in [-0.05, 0) is 37.0 Å². The summed E-state index contributed by atoms with van der Waals surface area (Å²) in [5.41, 5.74) is 6.27. The summed E-state index contributed by atoms with van der Waals surface area (Å²) in [7, 11) is 0. The third-order valence-corrected chi connectivity index (χ3v) is 3.54. The Kier molecular flexibility index (Phi) is 8.56. The molecule has 0 spiro atoms. The zero-order valence-electron chi connectivity index (χ0n) is 12.1. The van der Waals surface area contributed by atoms with Gasteiger partial charge < -0.3 is 11.1 Å². The fourth-order valence-corrected chi connectivity index (χ4v) is 2.43. The number of amides is 1. The lowest BCUT2D eigenvalue weighted by molar-refractivity contribution is -0.123. The monoisotopic (exact) mass is 356 g/mol. The Morgan fingerprint density at radius 2 is 1.86 bits per heavy atom. The first-order valence-electron chi connectivity index (χ1n) is 6.42. The van der Waals surface area contributed by atoms with Gasteiger partial charge in [-0.2, -0.15) is 0 Å². The van der Waals surface area contributed by atoms with Gasteiger partial charge in [0.25, 0.3) is 0 Å². The van der Waals surface area contributed by atoms with Crippen molar-refractivity contribution in [1.29, 1.82) is 0 Å². The van der Waals surface area contributed by atoms with Gasteiger partial charge in [0.2, 0.25) is 5.91 Å². The number of carbonyl (C=O) groups excluding carboxylic acids is 1. The fraction of sp³-hybridized carbons (Fsp3) is 0.500. The first-order chi connectivity index (χ1) is 9.22. The minimum absolute atomic E-state index is 0. The first kappa shape index (κ1) is 20.5. The third-order valence-electron chi connectivity index (χ3n) is 2.93. The largest absolute Gasteiger partial charge is 0.348 e. The zero-order chi connectivity index (χ0) is 15.4. The Labute approximate surface area is 140 Å². The number of nitrogens with two attached hydrogens (primary N) is 1. The topological polar surface area (TPSA) is 55.1 Å². The van der Waals surface area contributed by atoms with Crippen LogP contribution in [0.5, 0.6) is 0 Å². The summed E-state index contributed by atoms with van der Waals surface area (Å²) < 4.78 is 13.5. The summed E-state index contributed by atoms with van der Waals surface area (Å²) in [6.45, 7) is 5.69. The van der Waals surface area contributed by atoms with Crippen molar-refractivity contribution in [3.63, 3.8) is 0 Å². The van der Waals surface area contributed by atoms with Crippen molar-refractivity contribution < 1.29 is 9.18 Å². The van der Waals surface area contributed by atoms with E-state index in [1.807, 2.05) is 13.8 Å². The predicted octanol–water partition coefficient (Wildman–Crippen LogP) is 4.10. The molecule has 1 amide bonds. The van der Waals surface area contributed by atoms with Crippen LogP contribution in [0.4, 0.5) is 4.39 Å². The molecule has 0 aromatic heterocycles. The van der Waals surface area contributed by atoms with E-state index in [2.05, 4.69) is 5.32 Å². The van der Waals surface area contributed by atoms with Gasteiger partial charge in [-0.1, -0.05) is 37.0 Å². The molecule has 1 aromatic rings. The lowest BCUT2D eigenvalue weighted by Crippen LogP contribution is -2.42. The molecular formula is C14H20Cl3FN2O. The second-order valence-corrected chi connectivity index (χ2v) is 6.07. The Balaban J connectivity index is 0.00000400. The molecule has 0 aliphatic carbocycles. The summed E-state index contributed by atoms with van der Waals surface area (Å²) in [4.78, 5) is 11.9. The number of benzene rings is 1. The maximum Gasteiger partial charge on any atom is 0.237 e. The molecule has 0 radical (unpaired) electrons. The summed E-state index contributed by atoms with van der Waals surface area (Å²) >= 11 is 11.6. The van der Waals surface area contributed by atoms with Gasteiger partial charge in [0.05, 0.1) is 17.1 Å². The Morgan fingerprint density at radius 3 is 2.38 bits per heavy atom. The van der Waals surface area contributed by atoms with E-state index < -0.39 is 17.9 Å². The van der Waals surface area contributed by atoms with Crippen molar-refractivity contribution in [1.82, 2.24) is 5.32 Å². The van der Waals surface area contributed by atoms with Crippen LogP contribution in [0.1, 0.15) is 38.8 Å². The minimum Gasteiger partial charge on any atom is -0.348 e. The molecule has 0 heterocycles. The molecule has 120 valence electrons. The molecule has 2 atom stereocenters. The highest BCUT2D eigenvalue weighted by atomic mass is 35.5. The first-order valence-corrected chi connectivity index (χ1v) is 7.18. The van der Waals surface area contributed by atoms with Crippen molar-refractivity contribution >= 4 is 41.5 Å². The number of hydrogen-bond acceptors (Lipinski definition) is 2. The lowest BCUT2D eigenvalue weighted by atomic mass is 10.0. The normalized spacial score (nSPS) is 13.5. The average molecular weight is 358 g/mol. The molecule has 21 heavy (non-hydrogen) atoms. The zero-order valence-corrected chi connectivity index (χ0v) is 14.4. The van der Waals surface area contributed by atoms with Crippen LogP contribution in [0, 0.1) is 11.7 Å². The molecule has 1 aromatic carbocycles. The lowest BCUT2D eigenvalue weighted by Gasteiger charge is -2.20. The van der Waals surface area contributed by atoms with Gasteiger partial charge in [-0.15, -0.1) is 12.4 Å². The molecule has 0 saturated heterocycles. The van der Waals surface area contributed by atoms with Crippen LogP contribution in [0.3, 0.4) is 0 Å². The number of hydrogen-bond donors (Lipinski definition) is 2. The number of rotatable bonds is 5. The third kappa shape index (κ3) is 5.99. The van der Waals surface area contributed by atoms with Crippen LogP contribution in [0.2, 0.25) is 10.0 Å². The van der Waals surface area contributed by atoms with E-state index in [-0.39, 0.29) is 23.3 Å². The maximum atomic E-state index is 13.5. The molecule has 7 heteroatoms. The second kappa shape index (κ2) is 8.79. The Bertz CT molecular complexity index is 497. The summed E-state index contributed by atoms with van der Waals surface area (Å²) in [5.74, 6) is -0.529. The molecule has 0 aliphatic heterocycles. The standard InChI is InChI=1S/C14H19Cl2FN2O.ClH/c1-7(2)4-13(18)14(20)19-8(3)9-5-12(17)11(16)6-10(9)15;/h5-8,13H,4,18H2,1-3H3,(H,19,20);1H/t8?,13-;/m0./s1. The minimum atomic E-state index is -0.589. The summed E-state index contributed by atoms with van der Waals surface area (Å²) in [6, 6.07) is 1.52. The van der Waals surface area contributed by atoms with Crippen LogP contribution in [0.15, 0.2) is 12.1 Å². The number of nitrogens with one attached hydrogen (secondary N) is 1. The molecule has 0 fully saturated rings. The summed E-state index contributed by atoms with van der Waals surface area (Å²) in [5, 5.41) is 2.99. The second-order valence-electron chi connectivity index (χ2n) is 5.25. The van der Waals surface area contributed by atoms with Crippen molar-refractivity contribution in [2.75, 3.05) is 0 Å². The van der Waals surface area contributed by atoms with Gasteiger partial charge in [0.1, 0.15) is 5.82 Å². The van der Waals surface area contributed by atoms with Crippen LogP contribution in [0.25, 0.3) is 0 Å². The SMILES string of the molecule is CC(C)C[C@H](N)C(=O)NC(C)c1cc(F)c(Cl)cc1Cl.Cl. The highest BCUT2D eigenvalue weighted by Gasteiger charge is 2.20. The molecule has 1 unspecified atom stereocenters. The van der Waals surface area contributed by atoms with Gasteiger partial charge in [0.15, 0.2) is 0 Å². The van der Waals surface area contributed by atoms with Crippen LogP contribution in [-0.2, 0) is 4.79 Å². The van der Waals surface area contributed by atoms with E-state index in [0.717, 1.165) is 0 Å². The molecule has 0 bridgehead atoms. The van der Waals surface area contributed by atoms with Crippen molar-refractivity contribution in [3.8, 4) is 0 Å². The predicted molar refractivity (Wildman–Crippen MR) is 87.7 cm³/mol. The highest BCUT2D eigenvalue weighted by molar-refractivity contribution is 6.35. The molecule has 3 N–H and O–H groups in total. The van der Waals surface area contributed by atoms with E-state index in [1.54, 1.807) is 6.92 Å².